The molecule has 8 nitrogen and oxygen atoms in total. The largest absolute Gasteiger partial charge is 0.378 e. The average Bonchev–Trinajstić information content (AvgIpc) is 3.06. The highest BCUT2D eigenvalue weighted by Gasteiger charge is 2.20. The number of benzene rings is 1. The zero-order valence-electron chi connectivity index (χ0n) is 12.6. The van der Waals surface area contributed by atoms with E-state index in [0.29, 0.717) is 13.2 Å². The molecular weight excluding hydrogens is 330 g/mol. The number of ether oxygens (including phenoxy) is 1. The van der Waals surface area contributed by atoms with Crippen LogP contribution in [0.1, 0.15) is 0 Å². The van der Waals surface area contributed by atoms with Crippen molar-refractivity contribution in [3.8, 4) is 11.3 Å². The first-order valence-electron chi connectivity index (χ1n) is 7.42. The maximum Gasteiger partial charge on any atom is 0.269 e. The summed E-state index contributed by atoms with van der Waals surface area (Å²) in [7, 11) is 0. The maximum atomic E-state index is 10.8. The number of fused-ring (bicyclic) bond motifs is 1. The third-order valence-electron chi connectivity index (χ3n) is 3.90. The van der Waals surface area contributed by atoms with Gasteiger partial charge in [-0.25, -0.2) is 9.97 Å². The summed E-state index contributed by atoms with van der Waals surface area (Å²) < 4.78 is 10.8. The summed E-state index contributed by atoms with van der Waals surface area (Å²) in [6, 6.07) is 6.35. The highest BCUT2D eigenvalue weighted by molar-refractivity contribution is 7.14. The van der Waals surface area contributed by atoms with Crippen molar-refractivity contribution in [2.24, 2.45) is 0 Å². The first kappa shape index (κ1) is 14.9. The van der Waals surface area contributed by atoms with Crippen molar-refractivity contribution in [2.75, 3.05) is 31.2 Å². The molecule has 0 unspecified atom stereocenters. The molecule has 4 rings (SSSR count). The number of nitrogens with zero attached hydrogens (tertiary/aromatic N) is 5. The van der Waals surface area contributed by atoms with Crippen molar-refractivity contribution in [3.05, 3.63) is 40.7 Å². The minimum Gasteiger partial charge on any atom is -0.378 e. The van der Waals surface area contributed by atoms with Crippen LogP contribution < -0.4 is 4.90 Å². The van der Waals surface area contributed by atoms with Gasteiger partial charge in [0.2, 0.25) is 0 Å². The van der Waals surface area contributed by atoms with Crippen molar-refractivity contribution in [1.82, 2.24) is 14.3 Å². The fourth-order valence-corrected chi connectivity index (χ4v) is 3.56. The molecule has 9 heteroatoms. The van der Waals surface area contributed by atoms with E-state index in [2.05, 4.69) is 19.2 Å². The second kappa shape index (κ2) is 6.10. The fraction of sp³-hybridized carbons (Fsp3) is 0.267. The Morgan fingerprint density at radius 3 is 2.62 bits per heavy atom. The lowest BCUT2D eigenvalue weighted by atomic mass is 10.1. The van der Waals surface area contributed by atoms with Crippen LogP contribution in [0.15, 0.2) is 30.6 Å². The fourth-order valence-electron chi connectivity index (χ4n) is 2.68. The van der Waals surface area contributed by atoms with E-state index >= 15 is 0 Å². The molecule has 3 aromatic rings. The van der Waals surface area contributed by atoms with Crippen LogP contribution in [0, 0.1) is 10.1 Å². The van der Waals surface area contributed by atoms with Gasteiger partial charge in [-0.3, -0.25) is 10.1 Å². The summed E-state index contributed by atoms with van der Waals surface area (Å²) in [5.41, 5.74) is 2.35. The van der Waals surface area contributed by atoms with Crippen LogP contribution in [-0.4, -0.2) is 45.6 Å². The molecule has 0 bridgehead atoms. The molecule has 1 saturated heterocycles. The Balaban J connectivity index is 1.76. The Labute approximate surface area is 141 Å². The SMILES string of the molecule is O=[N+]([O-])c1ccc(-c2nsc3c(N4CCOCC4)ncnc23)cc1. The van der Waals surface area contributed by atoms with E-state index in [9.17, 15) is 10.1 Å². The van der Waals surface area contributed by atoms with E-state index in [1.807, 2.05) is 0 Å². The zero-order chi connectivity index (χ0) is 16.5. The van der Waals surface area contributed by atoms with Gasteiger partial charge in [0, 0.05) is 30.8 Å². The first-order valence-corrected chi connectivity index (χ1v) is 8.19. The molecule has 2 aromatic heterocycles. The Kier molecular flexibility index (Phi) is 3.79. The number of morpholine rings is 1. The smallest absolute Gasteiger partial charge is 0.269 e. The van der Waals surface area contributed by atoms with Gasteiger partial charge in [-0.05, 0) is 23.7 Å². The monoisotopic (exact) mass is 343 g/mol. The predicted molar refractivity (Wildman–Crippen MR) is 90.3 cm³/mol. The lowest BCUT2D eigenvalue weighted by Crippen LogP contribution is -2.36. The van der Waals surface area contributed by atoms with E-state index in [-0.39, 0.29) is 5.69 Å². The van der Waals surface area contributed by atoms with Crippen molar-refractivity contribution >= 4 is 33.3 Å². The van der Waals surface area contributed by atoms with Crippen molar-refractivity contribution in [1.29, 1.82) is 0 Å². The summed E-state index contributed by atoms with van der Waals surface area (Å²) in [5.74, 6) is 0.869. The van der Waals surface area contributed by atoms with Crippen molar-refractivity contribution < 1.29 is 9.66 Å². The minimum absolute atomic E-state index is 0.0573. The van der Waals surface area contributed by atoms with Crippen LogP contribution in [0.25, 0.3) is 21.5 Å². The first-order chi connectivity index (χ1) is 11.7. The van der Waals surface area contributed by atoms with Crippen LogP contribution in [0.3, 0.4) is 0 Å². The second-order valence-electron chi connectivity index (χ2n) is 5.31. The molecule has 122 valence electrons. The summed E-state index contributed by atoms with van der Waals surface area (Å²) in [6.07, 6.45) is 1.54. The Morgan fingerprint density at radius 2 is 1.92 bits per heavy atom. The number of hydrogen-bond acceptors (Lipinski definition) is 8. The van der Waals surface area contributed by atoms with E-state index in [4.69, 9.17) is 4.74 Å². The second-order valence-corrected chi connectivity index (χ2v) is 6.08. The number of anilines is 1. The number of hydrogen-bond donors (Lipinski definition) is 0. The molecule has 0 radical (unpaired) electrons. The third kappa shape index (κ3) is 2.57. The highest BCUT2D eigenvalue weighted by atomic mass is 32.1. The van der Waals surface area contributed by atoms with Crippen molar-refractivity contribution in [3.63, 3.8) is 0 Å². The summed E-state index contributed by atoms with van der Waals surface area (Å²) in [6.45, 7) is 2.94. The average molecular weight is 343 g/mol. The Hall–Kier alpha value is -2.65. The topological polar surface area (TPSA) is 94.3 Å². The Morgan fingerprint density at radius 1 is 1.17 bits per heavy atom. The summed E-state index contributed by atoms with van der Waals surface area (Å²) in [4.78, 5) is 21.3. The zero-order valence-corrected chi connectivity index (χ0v) is 13.4. The summed E-state index contributed by atoms with van der Waals surface area (Å²) in [5, 5.41) is 10.8. The van der Waals surface area contributed by atoms with E-state index in [1.165, 1.54) is 30.0 Å². The molecule has 1 aromatic carbocycles. The van der Waals surface area contributed by atoms with Crippen LogP contribution in [-0.2, 0) is 4.74 Å². The molecule has 0 N–H and O–H groups in total. The molecular formula is C15H13N5O3S. The van der Waals surface area contributed by atoms with Gasteiger partial charge in [-0.2, -0.15) is 4.37 Å². The van der Waals surface area contributed by atoms with E-state index in [1.54, 1.807) is 12.1 Å². The number of rotatable bonds is 3. The molecule has 3 heterocycles. The molecule has 0 spiro atoms. The lowest BCUT2D eigenvalue weighted by Gasteiger charge is -2.27. The van der Waals surface area contributed by atoms with Gasteiger partial charge in [-0.15, -0.1) is 0 Å². The van der Waals surface area contributed by atoms with Crippen molar-refractivity contribution in [2.45, 2.75) is 0 Å². The predicted octanol–water partition coefficient (Wildman–Crippen LogP) is 2.50. The molecule has 1 aliphatic rings. The third-order valence-corrected chi connectivity index (χ3v) is 4.73. The van der Waals surface area contributed by atoms with Gasteiger partial charge in [-0.1, -0.05) is 0 Å². The normalized spacial score (nSPS) is 14.9. The quantitative estimate of drug-likeness (QED) is 0.532. The van der Waals surface area contributed by atoms with Gasteiger partial charge < -0.3 is 9.64 Å². The molecule has 1 aliphatic heterocycles. The minimum atomic E-state index is -0.415. The van der Waals surface area contributed by atoms with Gasteiger partial charge in [0.05, 0.1) is 18.1 Å². The van der Waals surface area contributed by atoms with E-state index in [0.717, 1.165) is 40.4 Å². The molecule has 0 amide bonds. The summed E-state index contributed by atoms with van der Waals surface area (Å²) >= 11 is 1.35. The highest BCUT2D eigenvalue weighted by Crippen LogP contribution is 2.34. The standard InChI is InChI=1S/C15H13N5O3S/c21-20(22)11-3-1-10(2-4-11)12-13-14(24-18-12)15(17-9-16-13)19-5-7-23-8-6-19/h1-4,9H,5-8H2. The van der Waals surface area contributed by atoms with Gasteiger partial charge in [0.15, 0.2) is 5.82 Å². The van der Waals surface area contributed by atoms with Gasteiger partial charge >= 0.3 is 0 Å². The van der Waals surface area contributed by atoms with Gasteiger partial charge in [0.1, 0.15) is 22.2 Å². The molecule has 1 fully saturated rings. The van der Waals surface area contributed by atoms with Crippen LogP contribution in [0.2, 0.25) is 0 Å². The number of nitro groups is 1. The number of aromatic nitrogens is 3. The molecule has 0 aliphatic carbocycles. The molecule has 24 heavy (non-hydrogen) atoms. The van der Waals surface area contributed by atoms with E-state index < -0.39 is 4.92 Å². The Bertz CT molecular complexity index is 890. The maximum absolute atomic E-state index is 10.8. The van der Waals surface area contributed by atoms with Crippen LogP contribution >= 0.6 is 11.5 Å². The lowest BCUT2D eigenvalue weighted by molar-refractivity contribution is -0.384. The van der Waals surface area contributed by atoms with Gasteiger partial charge in [0.25, 0.3) is 5.69 Å². The molecule has 0 saturated carbocycles. The molecule has 0 atom stereocenters. The van der Waals surface area contributed by atoms with Crippen LogP contribution in [0.5, 0.6) is 0 Å². The number of non-ortho nitro benzene ring substituents is 1. The van der Waals surface area contributed by atoms with Crippen LogP contribution in [0.4, 0.5) is 11.5 Å². The number of nitro benzene ring substituents is 1.